The fraction of sp³-hybridized carbons (Fsp3) is 0.360. The van der Waals surface area contributed by atoms with Crippen LogP contribution in [0.1, 0.15) is 53.9 Å². The molecule has 1 unspecified atom stereocenters. The highest BCUT2D eigenvalue weighted by molar-refractivity contribution is 8.00. The Labute approximate surface area is 206 Å². The minimum Gasteiger partial charge on any atom is -0.462 e. The summed E-state index contributed by atoms with van der Waals surface area (Å²) in [4.78, 5) is 46.4. The van der Waals surface area contributed by atoms with E-state index >= 15 is 0 Å². The average molecular weight is 498 g/mol. The summed E-state index contributed by atoms with van der Waals surface area (Å²) in [7, 11) is 0. The second-order valence-corrected chi connectivity index (χ2v) is 10.5. The molecular formula is C25H27N3O4S2. The number of nitrogens with zero attached hydrogens (tertiary/aromatic N) is 1. The largest absolute Gasteiger partial charge is 0.462 e. The second-order valence-electron chi connectivity index (χ2n) is 8.04. The molecule has 178 valence electrons. The first-order valence-corrected chi connectivity index (χ1v) is 13.1. The Hall–Kier alpha value is -2.91. The van der Waals surface area contributed by atoms with Gasteiger partial charge in [0.1, 0.15) is 5.00 Å². The van der Waals surface area contributed by atoms with Crippen molar-refractivity contribution < 1.29 is 14.3 Å². The van der Waals surface area contributed by atoms with Crippen LogP contribution in [0.4, 0.5) is 5.00 Å². The lowest BCUT2D eigenvalue weighted by Gasteiger charge is -2.13. The van der Waals surface area contributed by atoms with E-state index in [9.17, 15) is 14.4 Å². The first-order chi connectivity index (χ1) is 16.5. The summed E-state index contributed by atoms with van der Waals surface area (Å²) >= 11 is 2.63. The zero-order chi connectivity index (χ0) is 24.1. The number of nitrogens with one attached hydrogen (secondary N) is 2. The van der Waals surface area contributed by atoms with Crippen LogP contribution >= 0.6 is 23.1 Å². The Morgan fingerprint density at radius 3 is 2.74 bits per heavy atom. The van der Waals surface area contributed by atoms with Crippen molar-refractivity contribution in [1.82, 2.24) is 9.97 Å². The van der Waals surface area contributed by atoms with E-state index in [2.05, 4.69) is 15.3 Å². The van der Waals surface area contributed by atoms with Crippen molar-refractivity contribution in [1.29, 1.82) is 0 Å². The second kappa shape index (κ2) is 11.0. The van der Waals surface area contributed by atoms with Crippen molar-refractivity contribution in [2.24, 2.45) is 0 Å². The Morgan fingerprint density at radius 2 is 1.97 bits per heavy atom. The Morgan fingerprint density at radius 1 is 1.21 bits per heavy atom. The number of rotatable bonds is 7. The van der Waals surface area contributed by atoms with Crippen LogP contribution in [0.25, 0.3) is 11.3 Å². The molecule has 1 atom stereocenters. The van der Waals surface area contributed by atoms with Gasteiger partial charge in [0.15, 0.2) is 5.16 Å². The van der Waals surface area contributed by atoms with E-state index < -0.39 is 5.25 Å². The zero-order valence-electron chi connectivity index (χ0n) is 19.2. The van der Waals surface area contributed by atoms with Crippen LogP contribution in [-0.2, 0) is 22.4 Å². The highest BCUT2D eigenvalue weighted by Crippen LogP contribution is 2.38. The van der Waals surface area contributed by atoms with E-state index in [0.717, 1.165) is 48.1 Å². The summed E-state index contributed by atoms with van der Waals surface area (Å²) in [6, 6.07) is 10.9. The number of benzene rings is 1. The minimum absolute atomic E-state index is 0.264. The van der Waals surface area contributed by atoms with E-state index in [1.165, 1.54) is 29.2 Å². The number of fused-ring (bicyclic) bond motifs is 1. The van der Waals surface area contributed by atoms with Gasteiger partial charge in [-0.05, 0) is 45.1 Å². The average Bonchev–Trinajstić information content (AvgIpc) is 2.99. The first kappa shape index (κ1) is 24.2. The first-order valence-electron chi connectivity index (χ1n) is 11.4. The molecule has 1 aliphatic carbocycles. The van der Waals surface area contributed by atoms with Gasteiger partial charge < -0.3 is 15.0 Å². The van der Waals surface area contributed by atoms with E-state index in [0.29, 0.717) is 21.4 Å². The Balaban J connectivity index is 1.54. The fourth-order valence-corrected chi connectivity index (χ4v) is 6.02. The molecule has 34 heavy (non-hydrogen) atoms. The molecule has 0 aliphatic heterocycles. The summed E-state index contributed by atoms with van der Waals surface area (Å²) in [6.45, 7) is 3.80. The van der Waals surface area contributed by atoms with Crippen LogP contribution < -0.4 is 10.9 Å². The SMILES string of the molecule is CCOC(=O)c1c(NC(=O)C(C)Sc2nc(-c3ccccc3)cc(=O)[nH]2)sc2c1CCCCC2. The number of carbonyl (C=O) groups excluding carboxylic acids is 2. The number of thioether (sulfide) groups is 1. The van der Waals surface area contributed by atoms with Gasteiger partial charge in [0.2, 0.25) is 5.91 Å². The Bertz CT molecular complexity index is 1240. The molecule has 2 N–H and O–H groups in total. The van der Waals surface area contributed by atoms with Crippen LogP contribution in [0.2, 0.25) is 0 Å². The van der Waals surface area contributed by atoms with Gasteiger partial charge in [-0.3, -0.25) is 9.59 Å². The molecule has 1 aromatic carbocycles. The van der Waals surface area contributed by atoms with E-state index in [1.807, 2.05) is 30.3 Å². The Kier molecular flexibility index (Phi) is 7.84. The monoisotopic (exact) mass is 497 g/mol. The van der Waals surface area contributed by atoms with Crippen molar-refractivity contribution in [3.05, 3.63) is 62.8 Å². The summed E-state index contributed by atoms with van der Waals surface area (Å²) in [5, 5.41) is 3.30. The van der Waals surface area contributed by atoms with Crippen molar-refractivity contribution >= 4 is 40.0 Å². The number of thiophene rings is 1. The molecule has 1 aliphatic rings. The number of amides is 1. The molecule has 0 radical (unpaired) electrons. The molecule has 4 rings (SSSR count). The number of ether oxygens (including phenoxy) is 1. The van der Waals surface area contributed by atoms with Crippen molar-refractivity contribution in [2.45, 2.75) is 56.4 Å². The standard InChI is InChI=1S/C25H27N3O4S2/c1-3-32-24(31)21-17-12-8-5-9-13-19(17)34-23(21)28-22(30)15(2)33-25-26-18(14-20(29)27-25)16-10-6-4-7-11-16/h4,6-7,10-11,14-15H,3,5,8-9,12-13H2,1-2H3,(H,28,30)(H,26,27,29). The van der Waals surface area contributed by atoms with Gasteiger partial charge in [0, 0.05) is 16.5 Å². The summed E-state index contributed by atoms with van der Waals surface area (Å²) in [6.07, 6.45) is 4.95. The van der Waals surface area contributed by atoms with Crippen molar-refractivity contribution in [3.8, 4) is 11.3 Å². The van der Waals surface area contributed by atoms with Crippen LogP contribution in [0.3, 0.4) is 0 Å². The molecule has 3 aromatic rings. The van der Waals surface area contributed by atoms with Gasteiger partial charge in [-0.15, -0.1) is 11.3 Å². The van der Waals surface area contributed by atoms with E-state index in [-0.39, 0.29) is 24.0 Å². The highest BCUT2D eigenvalue weighted by atomic mass is 32.2. The zero-order valence-corrected chi connectivity index (χ0v) is 20.8. The quantitative estimate of drug-likeness (QED) is 0.205. The fourth-order valence-electron chi connectivity index (χ4n) is 3.93. The predicted molar refractivity (Wildman–Crippen MR) is 136 cm³/mol. The van der Waals surface area contributed by atoms with E-state index in [4.69, 9.17) is 4.74 Å². The highest BCUT2D eigenvalue weighted by Gasteiger charge is 2.28. The summed E-state index contributed by atoms with van der Waals surface area (Å²) < 4.78 is 5.30. The van der Waals surface area contributed by atoms with Crippen LogP contribution in [0.15, 0.2) is 46.3 Å². The third kappa shape index (κ3) is 5.59. The summed E-state index contributed by atoms with van der Waals surface area (Å²) in [5.74, 6) is -0.654. The third-order valence-electron chi connectivity index (χ3n) is 5.58. The van der Waals surface area contributed by atoms with Crippen LogP contribution in [0, 0.1) is 0 Å². The number of anilines is 1. The lowest BCUT2D eigenvalue weighted by atomic mass is 10.1. The lowest BCUT2D eigenvalue weighted by molar-refractivity contribution is -0.115. The van der Waals surface area contributed by atoms with Gasteiger partial charge in [0.25, 0.3) is 5.56 Å². The topological polar surface area (TPSA) is 101 Å². The third-order valence-corrected chi connectivity index (χ3v) is 7.78. The number of carbonyl (C=O) groups is 2. The maximum absolute atomic E-state index is 13.1. The number of H-pyrrole nitrogens is 1. The number of aromatic amines is 1. The van der Waals surface area contributed by atoms with Crippen molar-refractivity contribution in [3.63, 3.8) is 0 Å². The van der Waals surface area contributed by atoms with Gasteiger partial charge in [-0.2, -0.15) is 0 Å². The maximum atomic E-state index is 13.1. The van der Waals surface area contributed by atoms with Crippen LogP contribution in [0.5, 0.6) is 0 Å². The number of hydrogen-bond acceptors (Lipinski definition) is 7. The lowest BCUT2D eigenvalue weighted by Crippen LogP contribution is -2.24. The molecule has 0 spiro atoms. The van der Waals surface area contributed by atoms with E-state index in [1.54, 1.807) is 13.8 Å². The number of aromatic nitrogens is 2. The molecule has 0 saturated carbocycles. The molecule has 0 bridgehead atoms. The number of aryl methyl sites for hydroxylation is 1. The van der Waals surface area contributed by atoms with Gasteiger partial charge in [-0.1, -0.05) is 48.5 Å². The molecule has 9 heteroatoms. The molecule has 2 heterocycles. The molecule has 7 nitrogen and oxygen atoms in total. The maximum Gasteiger partial charge on any atom is 0.341 e. The van der Waals surface area contributed by atoms with Gasteiger partial charge in [0.05, 0.1) is 23.1 Å². The number of hydrogen-bond donors (Lipinski definition) is 2. The summed E-state index contributed by atoms with van der Waals surface area (Å²) in [5.41, 5.74) is 2.60. The minimum atomic E-state index is -0.550. The normalized spacial score (nSPS) is 14.1. The molecule has 0 fully saturated rings. The van der Waals surface area contributed by atoms with Gasteiger partial charge >= 0.3 is 5.97 Å². The molecule has 0 saturated heterocycles. The number of esters is 1. The smallest absolute Gasteiger partial charge is 0.341 e. The molecular weight excluding hydrogens is 470 g/mol. The van der Waals surface area contributed by atoms with Crippen LogP contribution in [-0.4, -0.2) is 33.7 Å². The predicted octanol–water partition coefficient (Wildman–Crippen LogP) is 5.06. The molecule has 2 aromatic heterocycles. The molecule has 1 amide bonds. The van der Waals surface area contributed by atoms with Gasteiger partial charge in [-0.25, -0.2) is 9.78 Å². The van der Waals surface area contributed by atoms with Crippen molar-refractivity contribution in [2.75, 3.05) is 11.9 Å².